The molecular weight excluding hydrogens is 344 g/mol. The van der Waals surface area contributed by atoms with Crippen LogP contribution in [0.2, 0.25) is 0 Å². The Labute approximate surface area is 147 Å². The fourth-order valence-electron chi connectivity index (χ4n) is 2.97. The molecule has 25 heavy (non-hydrogen) atoms. The van der Waals surface area contributed by atoms with Gasteiger partial charge in [0.25, 0.3) is 11.6 Å². The topological polar surface area (TPSA) is 110 Å². The lowest BCUT2D eigenvalue weighted by Crippen LogP contribution is -2.14. The molecule has 1 aromatic heterocycles. The predicted molar refractivity (Wildman–Crippen MR) is 93.6 cm³/mol. The van der Waals surface area contributed by atoms with Crippen molar-refractivity contribution in [3.63, 3.8) is 0 Å². The number of carboxylic acid groups (broad SMARTS) is 1. The molecule has 130 valence electrons. The van der Waals surface area contributed by atoms with Gasteiger partial charge in [-0.05, 0) is 43.4 Å². The SMILES string of the molecule is O=C(Nc1sc2c(c1C(=O)O)CCCCC2)c1ccc([N+](=O)[O-])cc1. The predicted octanol–water partition coefficient (Wildman–Crippen LogP) is 3.88. The lowest BCUT2D eigenvalue weighted by Gasteiger charge is -2.05. The second-order valence-corrected chi connectivity index (χ2v) is 6.94. The zero-order valence-electron chi connectivity index (χ0n) is 13.3. The van der Waals surface area contributed by atoms with E-state index >= 15 is 0 Å². The van der Waals surface area contributed by atoms with Crippen LogP contribution in [0, 0.1) is 10.1 Å². The van der Waals surface area contributed by atoms with Crippen molar-refractivity contribution in [3.8, 4) is 0 Å². The number of anilines is 1. The average Bonchev–Trinajstić information content (AvgIpc) is 2.76. The third-order valence-corrected chi connectivity index (χ3v) is 5.41. The third-order valence-electron chi connectivity index (χ3n) is 4.20. The fraction of sp³-hybridized carbons (Fsp3) is 0.294. The smallest absolute Gasteiger partial charge is 0.339 e. The first kappa shape index (κ1) is 17.1. The minimum Gasteiger partial charge on any atom is -0.478 e. The van der Waals surface area contributed by atoms with Crippen molar-refractivity contribution < 1.29 is 19.6 Å². The first-order valence-corrected chi connectivity index (χ1v) is 8.72. The highest BCUT2D eigenvalue weighted by atomic mass is 32.1. The van der Waals surface area contributed by atoms with Crippen molar-refractivity contribution in [2.45, 2.75) is 32.1 Å². The van der Waals surface area contributed by atoms with Crippen molar-refractivity contribution in [2.24, 2.45) is 0 Å². The number of nitro groups is 1. The number of nitro benzene ring substituents is 1. The van der Waals surface area contributed by atoms with Gasteiger partial charge < -0.3 is 10.4 Å². The molecule has 0 atom stereocenters. The molecule has 2 aromatic rings. The van der Waals surface area contributed by atoms with Crippen LogP contribution in [0.3, 0.4) is 0 Å². The Kier molecular flexibility index (Phi) is 4.80. The van der Waals surface area contributed by atoms with Gasteiger partial charge in [0, 0.05) is 22.6 Å². The summed E-state index contributed by atoms with van der Waals surface area (Å²) in [4.78, 5) is 35.2. The molecule has 0 saturated heterocycles. The van der Waals surface area contributed by atoms with E-state index in [1.54, 1.807) is 0 Å². The zero-order valence-corrected chi connectivity index (χ0v) is 14.1. The zero-order chi connectivity index (χ0) is 18.0. The number of nitrogens with zero attached hydrogens (tertiary/aromatic N) is 1. The van der Waals surface area contributed by atoms with E-state index in [1.165, 1.54) is 35.6 Å². The summed E-state index contributed by atoms with van der Waals surface area (Å²) < 4.78 is 0. The minimum atomic E-state index is -1.04. The summed E-state index contributed by atoms with van der Waals surface area (Å²) in [5.41, 5.74) is 1.14. The van der Waals surface area contributed by atoms with E-state index in [9.17, 15) is 24.8 Å². The molecular formula is C17H16N2O5S. The summed E-state index contributed by atoms with van der Waals surface area (Å²) in [5.74, 6) is -1.52. The molecule has 0 aliphatic heterocycles. The Morgan fingerprint density at radius 2 is 1.80 bits per heavy atom. The molecule has 0 unspecified atom stereocenters. The largest absolute Gasteiger partial charge is 0.478 e. The number of benzene rings is 1. The van der Waals surface area contributed by atoms with Crippen LogP contribution in [0.1, 0.15) is 50.4 Å². The maximum Gasteiger partial charge on any atom is 0.339 e. The highest BCUT2D eigenvalue weighted by Gasteiger charge is 2.25. The Morgan fingerprint density at radius 3 is 2.44 bits per heavy atom. The number of hydrogen-bond acceptors (Lipinski definition) is 5. The molecule has 0 radical (unpaired) electrons. The number of nitrogens with one attached hydrogen (secondary N) is 1. The van der Waals surface area contributed by atoms with Gasteiger partial charge in [-0.1, -0.05) is 6.42 Å². The monoisotopic (exact) mass is 360 g/mol. The van der Waals surface area contributed by atoms with Gasteiger partial charge in [-0.25, -0.2) is 4.79 Å². The second-order valence-electron chi connectivity index (χ2n) is 5.83. The normalized spacial score (nSPS) is 13.6. The fourth-order valence-corrected chi connectivity index (χ4v) is 4.24. The molecule has 8 heteroatoms. The van der Waals surface area contributed by atoms with Crippen molar-refractivity contribution in [1.82, 2.24) is 0 Å². The van der Waals surface area contributed by atoms with Gasteiger partial charge in [0.1, 0.15) is 5.00 Å². The van der Waals surface area contributed by atoms with Crippen molar-refractivity contribution in [3.05, 3.63) is 55.9 Å². The van der Waals surface area contributed by atoms with Gasteiger partial charge in [0.2, 0.25) is 0 Å². The minimum absolute atomic E-state index is 0.106. The Bertz CT molecular complexity index is 841. The number of carbonyl (C=O) groups is 2. The van der Waals surface area contributed by atoms with Gasteiger partial charge in [0.05, 0.1) is 10.5 Å². The molecule has 1 amide bonds. The number of aromatic carboxylic acids is 1. The van der Waals surface area contributed by atoms with E-state index < -0.39 is 16.8 Å². The molecule has 1 aromatic carbocycles. The number of carboxylic acids is 1. The third kappa shape index (κ3) is 3.53. The number of hydrogen-bond donors (Lipinski definition) is 2. The van der Waals surface area contributed by atoms with Gasteiger partial charge in [-0.3, -0.25) is 14.9 Å². The molecule has 0 bridgehead atoms. The number of non-ortho nitro benzene ring substituents is 1. The molecule has 1 heterocycles. The van der Waals surface area contributed by atoms with Crippen LogP contribution in [0.25, 0.3) is 0 Å². The Hall–Kier alpha value is -2.74. The first-order valence-electron chi connectivity index (χ1n) is 7.91. The maximum atomic E-state index is 12.4. The highest BCUT2D eigenvalue weighted by molar-refractivity contribution is 7.17. The lowest BCUT2D eigenvalue weighted by molar-refractivity contribution is -0.384. The summed E-state index contributed by atoms with van der Waals surface area (Å²) in [7, 11) is 0. The van der Waals surface area contributed by atoms with Crippen LogP contribution in [-0.4, -0.2) is 21.9 Å². The molecule has 0 saturated carbocycles. The van der Waals surface area contributed by atoms with E-state index in [2.05, 4.69) is 5.32 Å². The highest BCUT2D eigenvalue weighted by Crippen LogP contribution is 2.37. The number of rotatable bonds is 4. The molecule has 0 spiro atoms. The van der Waals surface area contributed by atoms with E-state index in [-0.39, 0.29) is 16.8 Å². The van der Waals surface area contributed by atoms with Gasteiger partial charge in [-0.15, -0.1) is 11.3 Å². The molecule has 2 N–H and O–H groups in total. The van der Waals surface area contributed by atoms with Crippen LogP contribution >= 0.6 is 11.3 Å². The van der Waals surface area contributed by atoms with E-state index in [0.717, 1.165) is 36.1 Å². The van der Waals surface area contributed by atoms with Gasteiger partial charge in [0.15, 0.2) is 0 Å². The lowest BCUT2D eigenvalue weighted by atomic mass is 10.1. The molecule has 3 rings (SSSR count). The number of thiophene rings is 1. The molecule has 1 aliphatic carbocycles. The molecule has 0 fully saturated rings. The van der Waals surface area contributed by atoms with E-state index in [0.29, 0.717) is 11.4 Å². The summed E-state index contributed by atoms with van der Waals surface area (Å²) in [6, 6.07) is 5.20. The number of fused-ring (bicyclic) bond motifs is 1. The summed E-state index contributed by atoms with van der Waals surface area (Å²) in [5, 5.41) is 23.2. The number of carbonyl (C=O) groups excluding carboxylic acids is 1. The van der Waals surface area contributed by atoms with Crippen molar-refractivity contribution in [2.75, 3.05) is 5.32 Å². The molecule has 7 nitrogen and oxygen atoms in total. The average molecular weight is 360 g/mol. The van der Waals surface area contributed by atoms with Crippen molar-refractivity contribution in [1.29, 1.82) is 0 Å². The Morgan fingerprint density at radius 1 is 1.12 bits per heavy atom. The summed E-state index contributed by atoms with van der Waals surface area (Å²) >= 11 is 1.31. The van der Waals surface area contributed by atoms with Crippen LogP contribution in [-0.2, 0) is 12.8 Å². The quantitative estimate of drug-likeness (QED) is 0.488. The summed E-state index contributed by atoms with van der Waals surface area (Å²) in [6.45, 7) is 0. The van der Waals surface area contributed by atoms with Crippen LogP contribution in [0.5, 0.6) is 0 Å². The van der Waals surface area contributed by atoms with Crippen LogP contribution < -0.4 is 5.32 Å². The van der Waals surface area contributed by atoms with Crippen LogP contribution in [0.15, 0.2) is 24.3 Å². The number of aryl methyl sites for hydroxylation is 1. The standard InChI is InChI=1S/C17H16N2O5S/c20-15(10-6-8-11(9-7-10)19(23)24)18-16-14(17(21)22)12-4-2-1-3-5-13(12)25-16/h6-9H,1-5H2,(H,18,20)(H,21,22). The first-order chi connectivity index (χ1) is 12.0. The molecule has 1 aliphatic rings. The number of amides is 1. The maximum absolute atomic E-state index is 12.4. The van der Waals surface area contributed by atoms with Crippen LogP contribution in [0.4, 0.5) is 10.7 Å². The summed E-state index contributed by atoms with van der Waals surface area (Å²) in [6.07, 6.45) is 4.57. The van der Waals surface area contributed by atoms with E-state index in [1.807, 2.05) is 0 Å². The van der Waals surface area contributed by atoms with Crippen molar-refractivity contribution >= 4 is 33.9 Å². The Balaban J connectivity index is 1.88. The van der Waals surface area contributed by atoms with Gasteiger partial charge in [-0.2, -0.15) is 0 Å². The van der Waals surface area contributed by atoms with E-state index in [4.69, 9.17) is 0 Å². The van der Waals surface area contributed by atoms with Gasteiger partial charge >= 0.3 is 5.97 Å². The second kappa shape index (κ2) is 7.02.